The van der Waals surface area contributed by atoms with Gasteiger partial charge in [0.15, 0.2) is 0 Å². The molecule has 0 fully saturated rings. The van der Waals surface area contributed by atoms with Gasteiger partial charge in [0.05, 0.1) is 6.42 Å². The normalized spacial score (nSPS) is 10.3. The summed E-state index contributed by atoms with van der Waals surface area (Å²) in [6, 6.07) is 15.8. The van der Waals surface area contributed by atoms with Gasteiger partial charge in [-0.05, 0) is 35.2 Å². The van der Waals surface area contributed by atoms with Gasteiger partial charge in [-0.25, -0.2) is 0 Å². The number of hydrogen-bond donors (Lipinski definition) is 2. The van der Waals surface area contributed by atoms with Crippen molar-refractivity contribution in [2.75, 3.05) is 5.32 Å². The van der Waals surface area contributed by atoms with Crippen molar-refractivity contribution in [2.45, 2.75) is 26.3 Å². The first kappa shape index (κ1) is 14.3. The molecule has 0 bridgehead atoms. The Bertz CT molecular complexity index is 576. The second-order valence-electron chi connectivity index (χ2n) is 4.80. The van der Waals surface area contributed by atoms with E-state index in [2.05, 4.69) is 18.3 Å². The minimum Gasteiger partial charge on any atom is -0.326 e. The molecule has 0 aliphatic heterocycles. The average Bonchev–Trinajstić information content (AvgIpc) is 2.48. The maximum absolute atomic E-state index is 12.0. The molecule has 3 heteroatoms. The lowest BCUT2D eigenvalue weighted by Gasteiger charge is -2.07. The zero-order valence-corrected chi connectivity index (χ0v) is 11.7. The lowest BCUT2D eigenvalue weighted by Crippen LogP contribution is -2.14. The largest absolute Gasteiger partial charge is 0.326 e. The number of nitrogens with one attached hydrogen (secondary N) is 1. The fourth-order valence-electron chi connectivity index (χ4n) is 2.05. The number of benzene rings is 2. The summed E-state index contributed by atoms with van der Waals surface area (Å²) in [5.74, 6) is -0.00116. The van der Waals surface area contributed by atoms with E-state index in [1.54, 1.807) is 0 Å². The summed E-state index contributed by atoms with van der Waals surface area (Å²) in [6.45, 7) is 2.62. The standard InChI is InChI=1S/C17H20N2O/c1-2-13-4-3-5-16(10-13)19-17(20)11-14-6-8-15(12-18)9-7-14/h3-10H,2,11-12,18H2,1H3,(H,19,20). The van der Waals surface area contributed by atoms with Crippen LogP contribution in [0.5, 0.6) is 0 Å². The molecule has 0 aromatic heterocycles. The molecule has 0 aliphatic rings. The number of hydrogen-bond acceptors (Lipinski definition) is 2. The Morgan fingerprint density at radius 2 is 1.75 bits per heavy atom. The molecule has 20 heavy (non-hydrogen) atoms. The topological polar surface area (TPSA) is 55.1 Å². The second kappa shape index (κ2) is 6.87. The van der Waals surface area contributed by atoms with Gasteiger partial charge in [-0.2, -0.15) is 0 Å². The van der Waals surface area contributed by atoms with E-state index < -0.39 is 0 Å². The lowest BCUT2D eigenvalue weighted by molar-refractivity contribution is -0.115. The molecule has 1 amide bonds. The van der Waals surface area contributed by atoms with Crippen molar-refractivity contribution >= 4 is 11.6 Å². The molecular formula is C17H20N2O. The molecule has 0 unspecified atom stereocenters. The fourth-order valence-corrected chi connectivity index (χ4v) is 2.05. The summed E-state index contributed by atoms with van der Waals surface area (Å²) in [4.78, 5) is 12.0. The summed E-state index contributed by atoms with van der Waals surface area (Å²) in [5, 5.41) is 2.93. The molecule has 0 atom stereocenters. The van der Waals surface area contributed by atoms with Gasteiger partial charge < -0.3 is 11.1 Å². The number of nitrogens with two attached hydrogens (primary N) is 1. The quantitative estimate of drug-likeness (QED) is 0.876. The Labute approximate surface area is 119 Å². The Kier molecular flexibility index (Phi) is 4.91. The predicted molar refractivity (Wildman–Crippen MR) is 82.5 cm³/mol. The molecule has 0 saturated carbocycles. The molecule has 0 spiro atoms. The Balaban J connectivity index is 1.97. The lowest BCUT2D eigenvalue weighted by atomic mass is 10.1. The summed E-state index contributed by atoms with van der Waals surface area (Å²) in [6.07, 6.45) is 1.34. The molecule has 104 valence electrons. The van der Waals surface area contributed by atoms with E-state index in [0.717, 1.165) is 23.2 Å². The van der Waals surface area contributed by atoms with Gasteiger partial charge in [0.1, 0.15) is 0 Å². The Morgan fingerprint density at radius 1 is 1.05 bits per heavy atom. The van der Waals surface area contributed by atoms with Gasteiger partial charge >= 0.3 is 0 Å². The van der Waals surface area contributed by atoms with E-state index in [0.29, 0.717) is 13.0 Å². The Hall–Kier alpha value is -2.13. The van der Waals surface area contributed by atoms with E-state index in [9.17, 15) is 4.79 Å². The van der Waals surface area contributed by atoms with Crippen molar-refractivity contribution in [3.63, 3.8) is 0 Å². The number of anilines is 1. The van der Waals surface area contributed by atoms with E-state index >= 15 is 0 Å². The van der Waals surface area contributed by atoms with E-state index in [1.165, 1.54) is 5.56 Å². The highest BCUT2D eigenvalue weighted by Crippen LogP contribution is 2.12. The van der Waals surface area contributed by atoms with Crippen LogP contribution in [-0.4, -0.2) is 5.91 Å². The molecule has 0 saturated heterocycles. The van der Waals surface area contributed by atoms with Crippen LogP contribution in [0.2, 0.25) is 0 Å². The van der Waals surface area contributed by atoms with Crippen molar-refractivity contribution in [2.24, 2.45) is 5.73 Å². The summed E-state index contributed by atoms with van der Waals surface area (Å²) >= 11 is 0. The summed E-state index contributed by atoms with van der Waals surface area (Å²) in [5.41, 5.74) is 9.69. The van der Waals surface area contributed by atoms with Crippen molar-refractivity contribution in [1.82, 2.24) is 0 Å². The second-order valence-corrected chi connectivity index (χ2v) is 4.80. The van der Waals surface area contributed by atoms with E-state index in [4.69, 9.17) is 5.73 Å². The average molecular weight is 268 g/mol. The number of amides is 1. The van der Waals surface area contributed by atoms with Gasteiger partial charge in [0.25, 0.3) is 0 Å². The molecular weight excluding hydrogens is 248 g/mol. The summed E-state index contributed by atoms with van der Waals surface area (Å²) in [7, 11) is 0. The number of aryl methyl sites for hydroxylation is 1. The first-order valence-corrected chi connectivity index (χ1v) is 6.88. The van der Waals surface area contributed by atoms with Gasteiger partial charge in [0, 0.05) is 12.2 Å². The van der Waals surface area contributed by atoms with Crippen LogP contribution in [0.4, 0.5) is 5.69 Å². The zero-order valence-electron chi connectivity index (χ0n) is 11.7. The van der Waals surface area contributed by atoms with Crippen molar-refractivity contribution in [1.29, 1.82) is 0 Å². The van der Waals surface area contributed by atoms with E-state index in [1.807, 2.05) is 42.5 Å². The van der Waals surface area contributed by atoms with Crippen LogP contribution in [0.25, 0.3) is 0 Å². The SMILES string of the molecule is CCc1cccc(NC(=O)Cc2ccc(CN)cc2)c1. The van der Waals surface area contributed by atoms with Crippen LogP contribution >= 0.6 is 0 Å². The Morgan fingerprint density at radius 3 is 2.40 bits per heavy atom. The molecule has 0 aliphatic carbocycles. The number of carbonyl (C=O) groups excluding carboxylic acids is 1. The van der Waals surface area contributed by atoms with Crippen molar-refractivity contribution in [3.8, 4) is 0 Å². The number of rotatable bonds is 5. The first-order valence-electron chi connectivity index (χ1n) is 6.88. The summed E-state index contributed by atoms with van der Waals surface area (Å²) < 4.78 is 0. The van der Waals surface area contributed by atoms with Crippen LogP contribution in [0, 0.1) is 0 Å². The van der Waals surface area contributed by atoms with E-state index in [-0.39, 0.29) is 5.91 Å². The van der Waals surface area contributed by atoms with Crippen molar-refractivity contribution < 1.29 is 4.79 Å². The molecule has 2 rings (SSSR count). The molecule has 0 radical (unpaired) electrons. The molecule has 2 aromatic rings. The van der Waals surface area contributed by atoms with Gasteiger partial charge in [0.2, 0.25) is 5.91 Å². The predicted octanol–water partition coefficient (Wildman–Crippen LogP) is 2.89. The third-order valence-electron chi connectivity index (χ3n) is 3.24. The molecule has 3 N–H and O–H groups in total. The van der Waals surface area contributed by atoms with Crippen LogP contribution < -0.4 is 11.1 Å². The van der Waals surface area contributed by atoms with Crippen LogP contribution in [0.3, 0.4) is 0 Å². The first-order chi connectivity index (χ1) is 9.71. The van der Waals surface area contributed by atoms with Crippen LogP contribution in [0.1, 0.15) is 23.6 Å². The third kappa shape index (κ3) is 3.93. The van der Waals surface area contributed by atoms with Crippen molar-refractivity contribution in [3.05, 3.63) is 65.2 Å². The van der Waals surface area contributed by atoms with Gasteiger partial charge in [-0.3, -0.25) is 4.79 Å². The van der Waals surface area contributed by atoms with Gasteiger partial charge in [-0.15, -0.1) is 0 Å². The van der Waals surface area contributed by atoms with Crippen LogP contribution in [0.15, 0.2) is 48.5 Å². The highest BCUT2D eigenvalue weighted by Gasteiger charge is 2.04. The zero-order chi connectivity index (χ0) is 14.4. The fraction of sp³-hybridized carbons (Fsp3) is 0.235. The minimum atomic E-state index is -0.00116. The highest BCUT2D eigenvalue weighted by atomic mass is 16.1. The minimum absolute atomic E-state index is 0.00116. The monoisotopic (exact) mass is 268 g/mol. The molecule has 2 aromatic carbocycles. The molecule has 3 nitrogen and oxygen atoms in total. The maximum Gasteiger partial charge on any atom is 0.228 e. The maximum atomic E-state index is 12.0. The van der Waals surface area contributed by atoms with Gasteiger partial charge in [-0.1, -0.05) is 43.3 Å². The third-order valence-corrected chi connectivity index (χ3v) is 3.24. The highest BCUT2D eigenvalue weighted by molar-refractivity contribution is 5.92. The number of carbonyl (C=O) groups is 1. The smallest absolute Gasteiger partial charge is 0.228 e. The molecule has 0 heterocycles. The van der Waals surface area contributed by atoms with Crippen LogP contribution in [-0.2, 0) is 24.2 Å².